The van der Waals surface area contributed by atoms with Gasteiger partial charge in [0.05, 0.1) is 23.3 Å². The van der Waals surface area contributed by atoms with Gasteiger partial charge in [0, 0.05) is 48.4 Å². The van der Waals surface area contributed by atoms with Gasteiger partial charge in [0.2, 0.25) is 5.91 Å². The number of rotatable bonds is 7. The molecule has 1 aliphatic heterocycles. The highest BCUT2D eigenvalue weighted by Gasteiger charge is 2.20. The molecule has 0 saturated heterocycles. The van der Waals surface area contributed by atoms with Crippen LogP contribution in [-0.2, 0) is 4.79 Å². The van der Waals surface area contributed by atoms with Crippen molar-refractivity contribution in [3.05, 3.63) is 71.9 Å². The van der Waals surface area contributed by atoms with Gasteiger partial charge in [-0.1, -0.05) is 43.5 Å². The maximum atomic E-state index is 12.5. The number of fused-ring (bicyclic) bond motifs is 1. The number of pyridine rings is 1. The molecule has 1 saturated carbocycles. The Balaban J connectivity index is 1.35. The lowest BCUT2D eigenvalue weighted by atomic mass is 9.96. The predicted octanol–water partition coefficient (Wildman–Crippen LogP) is 6.95. The van der Waals surface area contributed by atoms with Crippen molar-refractivity contribution in [3.63, 3.8) is 0 Å². The Bertz CT molecular complexity index is 1470. The topological polar surface area (TPSA) is 92.8 Å². The molecule has 2 aromatic carbocycles. The first kappa shape index (κ1) is 27.5. The highest BCUT2D eigenvalue weighted by Crippen LogP contribution is 2.38. The van der Waals surface area contributed by atoms with Crippen LogP contribution in [0.5, 0.6) is 17.2 Å². The van der Waals surface area contributed by atoms with Gasteiger partial charge in [0.15, 0.2) is 0 Å². The van der Waals surface area contributed by atoms with Crippen LogP contribution < -0.4 is 20.1 Å². The maximum Gasteiger partial charge on any atom is 0.319 e. The third-order valence-electron chi connectivity index (χ3n) is 7.42. The summed E-state index contributed by atoms with van der Waals surface area (Å²) in [6, 6.07) is 10.9. The Morgan fingerprint density at radius 3 is 2.65 bits per heavy atom. The second kappa shape index (κ2) is 12.4. The number of amides is 3. The number of urea groups is 1. The third kappa shape index (κ3) is 6.23. The summed E-state index contributed by atoms with van der Waals surface area (Å²) in [5.41, 5.74) is 3.26. The summed E-state index contributed by atoms with van der Waals surface area (Å²) in [5, 5.41) is 7.08. The van der Waals surface area contributed by atoms with Crippen LogP contribution in [0, 0.1) is 0 Å². The van der Waals surface area contributed by atoms with Gasteiger partial charge in [0.1, 0.15) is 17.2 Å². The number of halogens is 1. The molecular weight excluding hydrogens is 528 g/mol. The fourth-order valence-corrected chi connectivity index (χ4v) is 5.50. The quantitative estimate of drug-likeness (QED) is 0.305. The molecule has 1 aliphatic carbocycles. The van der Waals surface area contributed by atoms with Gasteiger partial charge < -0.3 is 25.0 Å². The van der Waals surface area contributed by atoms with Crippen LogP contribution >= 0.6 is 11.6 Å². The second-order valence-corrected chi connectivity index (χ2v) is 10.4. The van der Waals surface area contributed by atoms with Gasteiger partial charge in [-0.25, -0.2) is 4.79 Å². The largest absolute Gasteiger partial charge is 0.496 e. The Morgan fingerprint density at radius 1 is 1.12 bits per heavy atom. The summed E-state index contributed by atoms with van der Waals surface area (Å²) in [6.07, 6.45) is 11.3. The Hall–Kier alpha value is -4.04. The zero-order valence-corrected chi connectivity index (χ0v) is 23.3. The fraction of sp³-hybridized carbons (Fsp3) is 0.323. The Morgan fingerprint density at radius 2 is 1.95 bits per heavy atom. The Labute approximate surface area is 239 Å². The van der Waals surface area contributed by atoms with Gasteiger partial charge in [-0.05, 0) is 55.2 Å². The first-order valence-electron chi connectivity index (χ1n) is 13.6. The smallest absolute Gasteiger partial charge is 0.319 e. The number of hydrogen-bond acceptors (Lipinski definition) is 5. The van der Waals surface area contributed by atoms with E-state index < -0.39 is 0 Å². The van der Waals surface area contributed by atoms with Crippen molar-refractivity contribution in [2.45, 2.75) is 44.6 Å². The molecule has 0 bridgehead atoms. The summed E-state index contributed by atoms with van der Waals surface area (Å²) in [4.78, 5) is 30.7. The molecule has 1 aromatic heterocycles. The molecule has 8 nitrogen and oxygen atoms in total. The van der Waals surface area contributed by atoms with Crippen molar-refractivity contribution in [3.8, 4) is 17.2 Å². The van der Waals surface area contributed by atoms with E-state index in [0.29, 0.717) is 47.5 Å². The zero-order valence-electron chi connectivity index (χ0n) is 22.5. The SMILES string of the molecule is C=CC(=O)N1CC=C(c2cc3c(Oc4ccc(NC(=O)NC5CCCCC5)c(Cl)c4)ccnc3cc2OC)CC1. The van der Waals surface area contributed by atoms with Crippen molar-refractivity contribution < 1.29 is 19.1 Å². The minimum Gasteiger partial charge on any atom is -0.496 e. The van der Waals surface area contributed by atoms with Gasteiger partial charge in [-0.2, -0.15) is 0 Å². The molecule has 2 N–H and O–H groups in total. The van der Waals surface area contributed by atoms with E-state index >= 15 is 0 Å². The van der Waals surface area contributed by atoms with Gasteiger partial charge in [-0.3, -0.25) is 9.78 Å². The van der Waals surface area contributed by atoms with E-state index in [4.69, 9.17) is 21.1 Å². The number of anilines is 1. The molecule has 1 fully saturated rings. The van der Waals surface area contributed by atoms with Crippen LogP contribution in [0.15, 0.2) is 61.3 Å². The molecule has 2 heterocycles. The van der Waals surface area contributed by atoms with Crippen molar-refractivity contribution in [2.75, 3.05) is 25.5 Å². The summed E-state index contributed by atoms with van der Waals surface area (Å²) in [7, 11) is 1.63. The number of nitrogens with one attached hydrogen (secondary N) is 2. The van der Waals surface area contributed by atoms with Crippen LogP contribution in [0.4, 0.5) is 10.5 Å². The molecular formula is C31H33ClN4O4. The number of carbonyl (C=O) groups excluding carboxylic acids is 2. The molecule has 3 amide bonds. The van der Waals surface area contributed by atoms with Crippen molar-refractivity contribution >= 4 is 45.7 Å². The highest BCUT2D eigenvalue weighted by molar-refractivity contribution is 6.33. The number of nitrogens with zero attached hydrogens (tertiary/aromatic N) is 2. The average molecular weight is 561 g/mol. The van der Waals surface area contributed by atoms with E-state index in [-0.39, 0.29) is 18.0 Å². The van der Waals surface area contributed by atoms with Crippen molar-refractivity contribution in [2.24, 2.45) is 0 Å². The number of methoxy groups -OCH3 is 1. The van der Waals surface area contributed by atoms with Crippen molar-refractivity contribution in [1.29, 1.82) is 0 Å². The van der Waals surface area contributed by atoms with E-state index in [1.807, 2.05) is 18.2 Å². The van der Waals surface area contributed by atoms with Crippen LogP contribution in [0.25, 0.3) is 16.5 Å². The molecule has 40 heavy (non-hydrogen) atoms. The molecule has 0 spiro atoms. The minimum atomic E-state index is -0.252. The average Bonchev–Trinajstić information content (AvgIpc) is 2.98. The van der Waals surface area contributed by atoms with Gasteiger partial charge in [-0.15, -0.1) is 0 Å². The van der Waals surface area contributed by atoms with E-state index in [1.165, 1.54) is 12.5 Å². The van der Waals surface area contributed by atoms with Crippen molar-refractivity contribution in [1.82, 2.24) is 15.2 Å². The molecule has 5 rings (SSSR count). The van der Waals surface area contributed by atoms with Gasteiger partial charge in [0.25, 0.3) is 0 Å². The van der Waals surface area contributed by atoms with E-state index in [0.717, 1.165) is 47.7 Å². The molecule has 3 aromatic rings. The molecule has 2 aliphatic rings. The van der Waals surface area contributed by atoms with E-state index in [2.05, 4.69) is 22.2 Å². The molecule has 0 unspecified atom stereocenters. The summed E-state index contributed by atoms with van der Waals surface area (Å²) >= 11 is 6.52. The number of carbonyl (C=O) groups is 2. The number of aromatic nitrogens is 1. The third-order valence-corrected chi connectivity index (χ3v) is 7.73. The maximum absolute atomic E-state index is 12.5. The lowest BCUT2D eigenvalue weighted by Crippen LogP contribution is -2.39. The van der Waals surface area contributed by atoms with E-state index in [9.17, 15) is 9.59 Å². The van der Waals surface area contributed by atoms with Crippen LogP contribution in [0.1, 0.15) is 44.1 Å². The number of ether oxygens (including phenoxy) is 2. The lowest BCUT2D eigenvalue weighted by molar-refractivity contribution is -0.125. The fourth-order valence-electron chi connectivity index (χ4n) is 5.28. The molecule has 9 heteroatoms. The molecule has 0 atom stereocenters. The minimum absolute atomic E-state index is 0.0783. The lowest BCUT2D eigenvalue weighted by Gasteiger charge is -2.26. The van der Waals surface area contributed by atoms with Crippen LogP contribution in [0.3, 0.4) is 0 Å². The number of hydrogen-bond donors (Lipinski definition) is 2. The zero-order chi connectivity index (χ0) is 28.1. The second-order valence-electron chi connectivity index (χ2n) is 10.0. The summed E-state index contributed by atoms with van der Waals surface area (Å²) < 4.78 is 11.9. The standard InChI is InChI=1S/C31H33ClN4O4/c1-3-30(37)36-15-12-20(13-16-36)23-18-24-27(19-29(23)39-2)33-14-11-28(24)40-22-9-10-26(25(32)17-22)35-31(38)34-21-7-5-4-6-8-21/h3,9-12,14,17-19,21H,1,4-8,13,15-16H2,2H3,(H2,34,35,38). The molecule has 0 radical (unpaired) electrons. The predicted molar refractivity (Wildman–Crippen MR) is 158 cm³/mol. The van der Waals surface area contributed by atoms with E-state index in [1.54, 1.807) is 42.5 Å². The summed E-state index contributed by atoms with van der Waals surface area (Å²) in [5.74, 6) is 1.77. The summed E-state index contributed by atoms with van der Waals surface area (Å²) in [6.45, 7) is 4.69. The highest BCUT2D eigenvalue weighted by atomic mass is 35.5. The first-order chi connectivity index (χ1) is 19.4. The van der Waals surface area contributed by atoms with Gasteiger partial charge >= 0.3 is 6.03 Å². The normalized spacial score (nSPS) is 15.8. The monoisotopic (exact) mass is 560 g/mol. The van der Waals surface area contributed by atoms with Crippen LogP contribution in [0.2, 0.25) is 5.02 Å². The molecule has 208 valence electrons. The number of benzene rings is 2. The van der Waals surface area contributed by atoms with Crippen LogP contribution in [-0.4, -0.2) is 48.1 Å². The Kier molecular flexibility index (Phi) is 8.55. The first-order valence-corrected chi connectivity index (χ1v) is 14.0.